The summed E-state index contributed by atoms with van der Waals surface area (Å²) < 4.78 is 0. The lowest BCUT2D eigenvalue weighted by molar-refractivity contribution is 0.674. The summed E-state index contributed by atoms with van der Waals surface area (Å²) in [6.45, 7) is 6.05. The highest BCUT2D eigenvalue weighted by molar-refractivity contribution is 4.92. The van der Waals surface area contributed by atoms with Crippen LogP contribution in [-0.2, 0) is 0 Å². The van der Waals surface area contributed by atoms with Crippen LogP contribution in [0.5, 0.6) is 0 Å². The summed E-state index contributed by atoms with van der Waals surface area (Å²) in [5, 5.41) is 0. The molecule has 81 valence electrons. The third kappa shape index (κ3) is 11.5. The summed E-state index contributed by atoms with van der Waals surface area (Å²) in [5.41, 5.74) is 0. The van der Waals surface area contributed by atoms with Crippen LogP contribution >= 0.6 is 0 Å². The monoisotopic (exact) mass is 193 g/mol. The molecule has 0 spiro atoms. The molecule has 0 aromatic carbocycles. The van der Waals surface area contributed by atoms with E-state index in [-0.39, 0.29) is 0 Å². The number of unbranched alkanes of at least 4 members (excludes halogenated alkanes) is 5. The Morgan fingerprint density at radius 3 is 2.21 bits per heavy atom. The van der Waals surface area contributed by atoms with E-state index in [1.807, 2.05) is 0 Å². The average molecular weight is 193 g/mol. The van der Waals surface area contributed by atoms with Crippen molar-refractivity contribution < 1.29 is 0 Å². The molecule has 0 unspecified atom stereocenters. The quantitative estimate of drug-likeness (QED) is 0.354. The molecule has 0 aliphatic carbocycles. The molecule has 0 aliphatic rings. The van der Waals surface area contributed by atoms with Gasteiger partial charge in [0.15, 0.2) is 0 Å². The van der Waals surface area contributed by atoms with Crippen LogP contribution in [0.3, 0.4) is 0 Å². The average Bonchev–Trinajstić information content (AvgIpc) is 2.21. The van der Waals surface area contributed by atoms with Gasteiger partial charge in [-0.15, -0.1) is 0 Å². The zero-order chi connectivity index (χ0) is 10.5. The van der Waals surface area contributed by atoms with Gasteiger partial charge in [-0.25, -0.2) is 0 Å². The maximum atomic E-state index is 3.79. The van der Waals surface area contributed by atoms with E-state index < -0.39 is 0 Å². The molecule has 1 radical (unpaired) electrons. The first-order chi connectivity index (χ1) is 6.91. The molecule has 0 bridgehead atoms. The van der Waals surface area contributed by atoms with E-state index in [0.29, 0.717) is 0 Å². The second kappa shape index (κ2) is 12.5. The SMILES string of the molecule is [CH2]CCC=CCC=CCCCCCC. The first-order valence-corrected chi connectivity index (χ1v) is 6.01. The van der Waals surface area contributed by atoms with Crippen molar-refractivity contribution in [3.05, 3.63) is 31.2 Å². The highest BCUT2D eigenvalue weighted by Crippen LogP contribution is 2.03. The van der Waals surface area contributed by atoms with E-state index in [0.717, 1.165) is 19.3 Å². The Kier molecular flexibility index (Phi) is 12.0. The summed E-state index contributed by atoms with van der Waals surface area (Å²) in [5.74, 6) is 0. The molecule has 0 aliphatic heterocycles. The van der Waals surface area contributed by atoms with Crippen LogP contribution in [0.1, 0.15) is 58.3 Å². The van der Waals surface area contributed by atoms with Gasteiger partial charge in [-0.1, -0.05) is 57.4 Å². The smallest absolute Gasteiger partial charge is 0.0169 e. The molecular formula is C14H25. The van der Waals surface area contributed by atoms with Crippen LogP contribution < -0.4 is 0 Å². The van der Waals surface area contributed by atoms with Crippen molar-refractivity contribution in [3.63, 3.8) is 0 Å². The minimum atomic E-state index is 1.01. The maximum absolute atomic E-state index is 3.79. The lowest BCUT2D eigenvalue weighted by atomic mass is 10.1. The van der Waals surface area contributed by atoms with Gasteiger partial charge in [-0.2, -0.15) is 0 Å². The fourth-order valence-electron chi connectivity index (χ4n) is 1.31. The fourth-order valence-corrected chi connectivity index (χ4v) is 1.31. The largest absolute Gasteiger partial charge is 0.0882 e. The van der Waals surface area contributed by atoms with Crippen LogP contribution in [0.2, 0.25) is 0 Å². The zero-order valence-corrected chi connectivity index (χ0v) is 9.67. The standard InChI is InChI=1S/C14H25/c1-3-5-7-9-11-13-14-12-10-8-6-4-2/h7,9,13-14H,1,3-6,8,10-12H2,2H3. The van der Waals surface area contributed by atoms with Crippen molar-refractivity contribution in [1.29, 1.82) is 0 Å². The third-order valence-corrected chi connectivity index (χ3v) is 2.20. The molecular weight excluding hydrogens is 168 g/mol. The van der Waals surface area contributed by atoms with Crippen LogP contribution in [0.4, 0.5) is 0 Å². The Bertz CT molecular complexity index is 142. The highest BCUT2D eigenvalue weighted by atomic mass is 13.9. The number of allylic oxidation sites excluding steroid dienone is 4. The van der Waals surface area contributed by atoms with Crippen molar-refractivity contribution in [2.75, 3.05) is 0 Å². The molecule has 0 heterocycles. The first kappa shape index (κ1) is 13.5. The Morgan fingerprint density at radius 1 is 0.857 bits per heavy atom. The second-order valence-corrected chi connectivity index (χ2v) is 3.67. The molecule has 14 heavy (non-hydrogen) atoms. The Morgan fingerprint density at radius 2 is 1.57 bits per heavy atom. The van der Waals surface area contributed by atoms with E-state index in [1.54, 1.807) is 0 Å². The van der Waals surface area contributed by atoms with Gasteiger partial charge in [0.25, 0.3) is 0 Å². The molecule has 0 saturated carbocycles. The van der Waals surface area contributed by atoms with Crippen LogP contribution in [0.25, 0.3) is 0 Å². The molecule has 0 heteroatoms. The predicted molar refractivity (Wildman–Crippen MR) is 66.2 cm³/mol. The van der Waals surface area contributed by atoms with Gasteiger partial charge in [0, 0.05) is 0 Å². The van der Waals surface area contributed by atoms with E-state index in [1.165, 1.54) is 32.1 Å². The van der Waals surface area contributed by atoms with Crippen molar-refractivity contribution in [2.45, 2.75) is 58.3 Å². The predicted octanol–water partition coefficient (Wildman–Crippen LogP) is 5.07. The van der Waals surface area contributed by atoms with Gasteiger partial charge in [0.05, 0.1) is 0 Å². The molecule has 0 aromatic heterocycles. The summed E-state index contributed by atoms with van der Waals surface area (Å²) in [4.78, 5) is 0. The molecule has 0 nitrogen and oxygen atoms in total. The summed E-state index contributed by atoms with van der Waals surface area (Å²) >= 11 is 0. The normalized spacial score (nSPS) is 11.9. The molecule has 0 amide bonds. The molecule has 0 fully saturated rings. The van der Waals surface area contributed by atoms with Gasteiger partial charge in [0.2, 0.25) is 0 Å². The van der Waals surface area contributed by atoms with Gasteiger partial charge in [0.1, 0.15) is 0 Å². The van der Waals surface area contributed by atoms with Gasteiger partial charge in [-0.05, 0) is 32.1 Å². The minimum absolute atomic E-state index is 1.01. The Balaban J connectivity index is 3.11. The zero-order valence-electron chi connectivity index (χ0n) is 9.67. The summed E-state index contributed by atoms with van der Waals surface area (Å²) in [6, 6.07) is 0. The molecule has 0 saturated heterocycles. The lowest BCUT2D eigenvalue weighted by Gasteiger charge is -1.93. The maximum Gasteiger partial charge on any atom is -0.0169 e. The topological polar surface area (TPSA) is 0 Å². The molecule has 0 aromatic rings. The Labute approximate surface area is 90.1 Å². The van der Waals surface area contributed by atoms with Crippen molar-refractivity contribution >= 4 is 0 Å². The van der Waals surface area contributed by atoms with Crippen LogP contribution in [-0.4, -0.2) is 0 Å². The number of hydrogen-bond acceptors (Lipinski definition) is 0. The van der Waals surface area contributed by atoms with E-state index >= 15 is 0 Å². The lowest BCUT2D eigenvalue weighted by Crippen LogP contribution is -1.73. The minimum Gasteiger partial charge on any atom is -0.0882 e. The van der Waals surface area contributed by atoms with Crippen molar-refractivity contribution in [3.8, 4) is 0 Å². The number of rotatable bonds is 9. The fraction of sp³-hybridized carbons (Fsp3) is 0.643. The molecule has 0 N–H and O–H groups in total. The molecule has 0 rings (SSSR count). The van der Waals surface area contributed by atoms with Gasteiger partial charge >= 0.3 is 0 Å². The summed E-state index contributed by atoms with van der Waals surface area (Å²) in [6.07, 6.45) is 19.0. The second-order valence-electron chi connectivity index (χ2n) is 3.67. The van der Waals surface area contributed by atoms with Gasteiger partial charge in [-0.3, -0.25) is 0 Å². The molecule has 0 atom stereocenters. The Hall–Kier alpha value is -0.520. The van der Waals surface area contributed by atoms with Crippen LogP contribution in [0.15, 0.2) is 24.3 Å². The first-order valence-electron chi connectivity index (χ1n) is 6.01. The number of hydrogen-bond donors (Lipinski definition) is 0. The van der Waals surface area contributed by atoms with Crippen molar-refractivity contribution in [1.82, 2.24) is 0 Å². The van der Waals surface area contributed by atoms with Crippen LogP contribution in [0, 0.1) is 6.92 Å². The van der Waals surface area contributed by atoms with E-state index in [2.05, 4.69) is 38.2 Å². The van der Waals surface area contributed by atoms with E-state index in [4.69, 9.17) is 0 Å². The summed E-state index contributed by atoms with van der Waals surface area (Å²) in [7, 11) is 0. The highest BCUT2D eigenvalue weighted by Gasteiger charge is 1.83. The van der Waals surface area contributed by atoms with Gasteiger partial charge < -0.3 is 0 Å². The third-order valence-electron chi connectivity index (χ3n) is 2.20. The van der Waals surface area contributed by atoms with E-state index in [9.17, 15) is 0 Å². The van der Waals surface area contributed by atoms with Crippen molar-refractivity contribution in [2.24, 2.45) is 0 Å².